The molecule has 2 aliphatic rings. The maximum absolute atomic E-state index is 13.8. The van der Waals surface area contributed by atoms with E-state index in [0.717, 1.165) is 22.3 Å². The van der Waals surface area contributed by atoms with Crippen LogP contribution in [0.3, 0.4) is 0 Å². The first-order valence-electron chi connectivity index (χ1n) is 12.1. The minimum Gasteiger partial charge on any atom is -0.477 e. The van der Waals surface area contributed by atoms with E-state index in [9.17, 15) is 19.1 Å². The molecular formula is C27H25FN6O3S. The number of hydrogen-bond acceptors (Lipinski definition) is 6. The van der Waals surface area contributed by atoms with Gasteiger partial charge in [-0.25, -0.2) is 13.9 Å². The molecule has 38 heavy (non-hydrogen) atoms. The minimum absolute atomic E-state index is 0.0579. The summed E-state index contributed by atoms with van der Waals surface area (Å²) < 4.78 is 16.9. The van der Waals surface area contributed by atoms with Gasteiger partial charge >= 0.3 is 5.97 Å². The summed E-state index contributed by atoms with van der Waals surface area (Å²) in [4.78, 5) is 29.7. The summed E-state index contributed by atoms with van der Waals surface area (Å²) in [5.41, 5.74) is 3.66. The van der Waals surface area contributed by atoms with Crippen molar-refractivity contribution in [3.8, 4) is 5.69 Å². The number of fused-ring (bicyclic) bond motifs is 1. The van der Waals surface area contributed by atoms with Gasteiger partial charge in [-0.3, -0.25) is 9.48 Å². The maximum atomic E-state index is 13.8. The van der Waals surface area contributed by atoms with E-state index >= 15 is 0 Å². The van der Waals surface area contributed by atoms with Crippen LogP contribution in [0.4, 0.5) is 10.1 Å². The van der Waals surface area contributed by atoms with Gasteiger partial charge in [0.2, 0.25) is 5.91 Å². The van der Waals surface area contributed by atoms with Crippen molar-refractivity contribution in [2.75, 3.05) is 10.8 Å². The van der Waals surface area contributed by atoms with Gasteiger partial charge in [0.1, 0.15) is 16.8 Å². The Morgan fingerprint density at radius 3 is 2.53 bits per heavy atom. The number of benzene rings is 2. The van der Waals surface area contributed by atoms with Crippen molar-refractivity contribution in [2.45, 2.75) is 25.9 Å². The van der Waals surface area contributed by atoms with Gasteiger partial charge in [0.15, 0.2) is 0 Å². The van der Waals surface area contributed by atoms with Crippen LogP contribution in [-0.4, -0.2) is 53.4 Å². The van der Waals surface area contributed by atoms with Crippen LogP contribution in [0.2, 0.25) is 0 Å². The van der Waals surface area contributed by atoms with Crippen molar-refractivity contribution in [1.82, 2.24) is 24.5 Å². The van der Waals surface area contributed by atoms with Crippen molar-refractivity contribution in [3.63, 3.8) is 0 Å². The third-order valence-corrected chi connectivity index (χ3v) is 8.51. The van der Waals surface area contributed by atoms with E-state index in [-0.39, 0.29) is 17.8 Å². The lowest BCUT2D eigenvalue weighted by Crippen LogP contribution is -2.40. The number of nitrogens with zero attached hydrogens (tertiary/aromatic N) is 6. The highest BCUT2D eigenvalue weighted by molar-refractivity contribution is 8.04. The molecule has 0 saturated carbocycles. The number of aromatic nitrogens is 4. The van der Waals surface area contributed by atoms with Crippen molar-refractivity contribution in [3.05, 3.63) is 83.0 Å². The van der Waals surface area contributed by atoms with Gasteiger partial charge in [0, 0.05) is 30.0 Å². The second-order valence-electron chi connectivity index (χ2n) is 9.59. The van der Waals surface area contributed by atoms with Crippen LogP contribution in [0.15, 0.2) is 71.5 Å². The van der Waals surface area contributed by atoms with Gasteiger partial charge in [-0.1, -0.05) is 18.7 Å². The van der Waals surface area contributed by atoms with Gasteiger partial charge in [0.25, 0.3) is 0 Å². The Hall–Kier alpha value is -4.12. The second kappa shape index (κ2) is 9.02. The topological polar surface area (TPSA) is 96.5 Å². The fraction of sp³-hybridized carbons (Fsp3) is 0.259. The predicted octanol–water partition coefficient (Wildman–Crippen LogP) is 4.31. The number of aliphatic carboxylic acids is 1. The molecule has 11 heteroatoms. The molecule has 4 heterocycles. The molecule has 1 N–H and O–H groups in total. The van der Waals surface area contributed by atoms with Crippen molar-refractivity contribution in [2.24, 2.45) is 13.0 Å². The Morgan fingerprint density at radius 1 is 1.13 bits per heavy atom. The van der Waals surface area contributed by atoms with Gasteiger partial charge in [0.05, 0.1) is 40.9 Å². The predicted molar refractivity (Wildman–Crippen MR) is 142 cm³/mol. The van der Waals surface area contributed by atoms with Crippen LogP contribution in [-0.2, 0) is 16.6 Å². The number of hydrogen-bond donors (Lipinski definition) is 1. The highest BCUT2D eigenvalue weighted by atomic mass is 32.2. The molecular weight excluding hydrogens is 507 g/mol. The van der Waals surface area contributed by atoms with Crippen LogP contribution in [0.1, 0.15) is 25.6 Å². The molecule has 2 aromatic carbocycles. The average molecular weight is 533 g/mol. The van der Waals surface area contributed by atoms with Crippen LogP contribution in [0.5, 0.6) is 0 Å². The first-order chi connectivity index (χ1) is 18.2. The molecule has 0 radical (unpaired) electrons. The zero-order valence-electron chi connectivity index (χ0n) is 20.9. The summed E-state index contributed by atoms with van der Waals surface area (Å²) in [6, 6.07) is 13.0. The summed E-state index contributed by atoms with van der Waals surface area (Å²) in [6.45, 7) is 3.69. The molecule has 0 aliphatic carbocycles. The normalized spacial score (nSPS) is 21.8. The van der Waals surface area contributed by atoms with Gasteiger partial charge in [-0.15, -0.1) is 0 Å². The largest absolute Gasteiger partial charge is 0.477 e. The highest BCUT2D eigenvalue weighted by Crippen LogP contribution is 2.47. The molecule has 9 nitrogen and oxygen atoms in total. The van der Waals surface area contributed by atoms with E-state index in [1.807, 2.05) is 49.3 Å². The molecule has 0 spiro atoms. The van der Waals surface area contributed by atoms with E-state index in [2.05, 4.69) is 10.2 Å². The third-order valence-electron chi connectivity index (χ3n) is 7.34. The molecule has 1 saturated heterocycles. The number of aryl methyl sites for hydroxylation is 1. The summed E-state index contributed by atoms with van der Waals surface area (Å²) in [5.74, 6) is -1.28. The summed E-state index contributed by atoms with van der Waals surface area (Å²) in [6.07, 6.45) is 3.57. The zero-order chi connectivity index (χ0) is 26.7. The van der Waals surface area contributed by atoms with E-state index < -0.39 is 17.9 Å². The van der Waals surface area contributed by atoms with E-state index in [1.165, 1.54) is 23.9 Å². The molecule has 3 unspecified atom stereocenters. The number of carboxylic acids is 1. The number of halogens is 1. The smallest absolute Gasteiger partial charge is 0.344 e. The molecule has 2 aliphatic heterocycles. The lowest BCUT2D eigenvalue weighted by Gasteiger charge is -2.34. The Morgan fingerprint density at radius 2 is 1.87 bits per heavy atom. The molecule has 1 fully saturated rings. The summed E-state index contributed by atoms with van der Waals surface area (Å²) in [5, 5.41) is 19.6. The molecule has 4 aromatic rings. The van der Waals surface area contributed by atoms with Crippen LogP contribution >= 0.6 is 11.8 Å². The molecule has 194 valence electrons. The van der Waals surface area contributed by atoms with Crippen LogP contribution in [0, 0.1) is 11.7 Å². The Balaban J connectivity index is 1.44. The van der Waals surface area contributed by atoms with E-state index in [4.69, 9.17) is 0 Å². The number of rotatable bonds is 5. The van der Waals surface area contributed by atoms with Crippen molar-refractivity contribution in [1.29, 1.82) is 0 Å². The van der Waals surface area contributed by atoms with Gasteiger partial charge in [-0.05, 0) is 55.5 Å². The Bertz CT molecular complexity index is 1610. The standard InChI is InChI=1S/C27H25FN6O3S/c1-15-23(32-14-38-25(16(32)2)27(36)37)24(21-10-11-31(3)30-21)33(26(15)35)20-8-9-22-17(12-20)13-29-34(22)19-6-4-18(28)5-7-19/h4-13,15,23-24H,14H2,1-3H3,(H,36,37). The summed E-state index contributed by atoms with van der Waals surface area (Å²) in [7, 11) is 1.83. The van der Waals surface area contributed by atoms with E-state index in [0.29, 0.717) is 22.2 Å². The SMILES string of the molecule is CC1=C(C(=O)O)SCN1C1C(C)C(=O)N(c2ccc3c(cnn3-c3ccc(F)cc3)c2)C1c1ccn(C)n1. The maximum Gasteiger partial charge on any atom is 0.344 e. The quantitative estimate of drug-likeness (QED) is 0.409. The molecule has 0 bridgehead atoms. The average Bonchev–Trinajstić information content (AvgIpc) is 3.65. The van der Waals surface area contributed by atoms with Crippen molar-refractivity contribution >= 4 is 40.2 Å². The zero-order valence-corrected chi connectivity index (χ0v) is 21.8. The lowest BCUT2D eigenvalue weighted by molar-refractivity contribution is -0.131. The second-order valence-corrected chi connectivity index (χ2v) is 10.5. The molecule has 2 aromatic heterocycles. The number of carboxylic acid groups (broad SMARTS) is 1. The number of anilines is 1. The highest BCUT2D eigenvalue weighted by Gasteiger charge is 2.52. The molecule has 1 amide bonds. The summed E-state index contributed by atoms with van der Waals surface area (Å²) >= 11 is 1.28. The first kappa shape index (κ1) is 24.2. The van der Waals surface area contributed by atoms with Gasteiger partial charge < -0.3 is 14.9 Å². The number of allylic oxidation sites excluding steroid dienone is 1. The number of thioether (sulfide) groups is 1. The Kier molecular flexibility index (Phi) is 5.75. The molecule has 6 rings (SSSR count). The fourth-order valence-electron chi connectivity index (χ4n) is 5.51. The van der Waals surface area contributed by atoms with Crippen LogP contribution < -0.4 is 4.90 Å². The monoisotopic (exact) mass is 532 g/mol. The Labute approximate surface area is 222 Å². The third kappa shape index (κ3) is 3.76. The lowest BCUT2D eigenvalue weighted by atomic mass is 9.96. The van der Waals surface area contributed by atoms with Gasteiger partial charge in [-0.2, -0.15) is 10.2 Å². The first-order valence-corrected chi connectivity index (χ1v) is 13.1. The molecule has 3 atom stereocenters. The number of carbonyl (C=O) groups excluding carboxylic acids is 1. The number of amides is 1. The van der Waals surface area contributed by atoms with E-state index in [1.54, 1.807) is 39.5 Å². The fourth-order valence-corrected chi connectivity index (χ4v) is 6.59. The number of carbonyl (C=O) groups is 2. The minimum atomic E-state index is -0.957. The van der Waals surface area contributed by atoms with Crippen molar-refractivity contribution < 1.29 is 19.1 Å². The van der Waals surface area contributed by atoms with Crippen LogP contribution in [0.25, 0.3) is 16.6 Å².